The lowest BCUT2D eigenvalue weighted by Gasteiger charge is -2.11. The van der Waals surface area contributed by atoms with E-state index in [2.05, 4.69) is 25.6 Å². The Morgan fingerprint density at radius 3 is 3.06 bits per heavy atom. The van der Waals surface area contributed by atoms with Crippen LogP contribution >= 0.6 is 0 Å². The molecule has 3 rings (SSSR count). The van der Waals surface area contributed by atoms with Gasteiger partial charge in [0, 0.05) is 7.05 Å². The number of H-pyrrole nitrogens is 1. The van der Waals surface area contributed by atoms with Gasteiger partial charge in [-0.3, -0.25) is 0 Å². The lowest BCUT2D eigenvalue weighted by molar-refractivity contribution is 0.513. The van der Waals surface area contributed by atoms with E-state index in [1.54, 1.807) is 0 Å². The van der Waals surface area contributed by atoms with Crippen LogP contribution in [0, 0.1) is 0 Å². The first-order valence-corrected chi connectivity index (χ1v) is 6.64. The highest BCUT2D eigenvalue weighted by molar-refractivity contribution is 5.72. The summed E-state index contributed by atoms with van der Waals surface area (Å²) < 4.78 is 0. The van der Waals surface area contributed by atoms with E-state index in [1.165, 1.54) is 19.3 Å². The van der Waals surface area contributed by atoms with Gasteiger partial charge < -0.3 is 15.6 Å². The third-order valence-corrected chi connectivity index (χ3v) is 3.51. The second kappa shape index (κ2) is 4.94. The average Bonchev–Trinajstić information content (AvgIpc) is 2.63. The molecule has 0 saturated carbocycles. The minimum absolute atomic E-state index is 0.347. The molecule has 18 heavy (non-hydrogen) atoms. The number of fused-ring (bicyclic) bond motifs is 1. The topological polar surface area (TPSA) is 65.6 Å². The Labute approximate surface area is 106 Å². The predicted octanol–water partition coefficient (Wildman–Crippen LogP) is 2.20. The van der Waals surface area contributed by atoms with Crippen molar-refractivity contribution in [3.05, 3.63) is 18.0 Å². The first-order chi connectivity index (χ1) is 8.86. The molecule has 1 unspecified atom stereocenters. The third-order valence-electron chi connectivity index (χ3n) is 3.51. The van der Waals surface area contributed by atoms with E-state index >= 15 is 0 Å². The zero-order chi connectivity index (χ0) is 12.4. The first kappa shape index (κ1) is 11.5. The van der Waals surface area contributed by atoms with Gasteiger partial charge in [0.05, 0.1) is 11.6 Å². The van der Waals surface area contributed by atoms with Crippen LogP contribution in [0.1, 0.15) is 37.5 Å². The molecule has 1 saturated heterocycles. The zero-order valence-corrected chi connectivity index (χ0v) is 10.7. The van der Waals surface area contributed by atoms with Crippen LogP contribution in [0.25, 0.3) is 11.2 Å². The molecule has 5 heteroatoms. The molecule has 0 aliphatic carbocycles. The minimum atomic E-state index is 0.347. The maximum atomic E-state index is 4.62. The van der Waals surface area contributed by atoms with Crippen molar-refractivity contribution in [2.24, 2.45) is 0 Å². The second-order valence-electron chi connectivity index (χ2n) is 4.80. The minimum Gasteiger partial charge on any atom is -0.373 e. The Hall–Kier alpha value is -1.62. The highest BCUT2D eigenvalue weighted by atomic mass is 15.1. The van der Waals surface area contributed by atoms with Gasteiger partial charge in [-0.05, 0) is 31.5 Å². The normalized spacial score (nSPS) is 20.8. The molecule has 96 valence electrons. The molecule has 1 aliphatic rings. The molecule has 3 N–H and O–H groups in total. The van der Waals surface area contributed by atoms with Gasteiger partial charge in [-0.1, -0.05) is 12.8 Å². The summed E-state index contributed by atoms with van der Waals surface area (Å²) in [6, 6.07) is 4.34. The van der Waals surface area contributed by atoms with E-state index in [9.17, 15) is 0 Å². The van der Waals surface area contributed by atoms with Gasteiger partial charge >= 0.3 is 0 Å². The number of hydrogen-bond donors (Lipinski definition) is 3. The molecule has 1 atom stereocenters. The number of hydrogen-bond acceptors (Lipinski definition) is 4. The van der Waals surface area contributed by atoms with Crippen molar-refractivity contribution in [2.75, 3.05) is 18.9 Å². The predicted molar refractivity (Wildman–Crippen MR) is 72.6 cm³/mol. The number of aromatic amines is 1. The van der Waals surface area contributed by atoms with E-state index in [-0.39, 0.29) is 0 Å². The van der Waals surface area contributed by atoms with Crippen LogP contribution in [-0.2, 0) is 0 Å². The smallest absolute Gasteiger partial charge is 0.179 e. The Morgan fingerprint density at radius 1 is 1.22 bits per heavy atom. The zero-order valence-electron chi connectivity index (χ0n) is 10.7. The lowest BCUT2D eigenvalue weighted by atomic mass is 10.1. The van der Waals surface area contributed by atoms with E-state index in [0.717, 1.165) is 35.8 Å². The van der Waals surface area contributed by atoms with Crippen LogP contribution in [0.5, 0.6) is 0 Å². The monoisotopic (exact) mass is 245 g/mol. The molecule has 0 spiro atoms. The second-order valence-corrected chi connectivity index (χ2v) is 4.80. The van der Waals surface area contributed by atoms with Crippen LogP contribution in [0.3, 0.4) is 0 Å². The van der Waals surface area contributed by atoms with Gasteiger partial charge in [-0.25, -0.2) is 9.97 Å². The molecule has 0 aromatic carbocycles. The fourth-order valence-corrected chi connectivity index (χ4v) is 2.48. The third kappa shape index (κ3) is 2.18. The Bertz CT molecular complexity index is 525. The standard InChI is InChI=1S/C13H19N5/c1-14-11-7-6-10-13(17-11)18-12(16-10)9-5-3-2-4-8-15-9/h6-7,9,15H,2-5,8H2,1H3,(H2,14,16,17,18). The SMILES string of the molecule is CNc1ccc2[nH]c(C3CCCCCN3)nc2n1. The van der Waals surface area contributed by atoms with Crippen molar-refractivity contribution in [3.63, 3.8) is 0 Å². The number of rotatable bonds is 2. The van der Waals surface area contributed by atoms with Gasteiger partial charge in [0.1, 0.15) is 11.6 Å². The number of anilines is 1. The van der Waals surface area contributed by atoms with Gasteiger partial charge in [0.15, 0.2) is 5.65 Å². The highest BCUT2D eigenvalue weighted by Gasteiger charge is 2.17. The summed E-state index contributed by atoms with van der Waals surface area (Å²) in [5, 5.41) is 6.59. The van der Waals surface area contributed by atoms with Crippen molar-refractivity contribution < 1.29 is 0 Å². The van der Waals surface area contributed by atoms with Crippen LogP contribution in [-0.4, -0.2) is 28.5 Å². The Morgan fingerprint density at radius 2 is 2.17 bits per heavy atom. The van der Waals surface area contributed by atoms with E-state index in [4.69, 9.17) is 0 Å². The quantitative estimate of drug-likeness (QED) is 0.759. The molecule has 3 heterocycles. The summed E-state index contributed by atoms with van der Waals surface area (Å²) in [5.41, 5.74) is 1.80. The van der Waals surface area contributed by atoms with E-state index in [0.29, 0.717) is 6.04 Å². The van der Waals surface area contributed by atoms with Gasteiger partial charge in [-0.2, -0.15) is 0 Å². The molecule has 0 bridgehead atoms. The molecule has 0 radical (unpaired) electrons. The summed E-state index contributed by atoms with van der Waals surface area (Å²) in [6.45, 7) is 1.08. The molecule has 1 aliphatic heterocycles. The van der Waals surface area contributed by atoms with Crippen LogP contribution < -0.4 is 10.6 Å². The number of imidazole rings is 1. The fourth-order valence-electron chi connectivity index (χ4n) is 2.48. The lowest BCUT2D eigenvalue weighted by Crippen LogP contribution is -2.21. The summed E-state index contributed by atoms with van der Waals surface area (Å²) in [5.74, 6) is 1.88. The van der Waals surface area contributed by atoms with Crippen molar-refractivity contribution in [1.29, 1.82) is 0 Å². The maximum Gasteiger partial charge on any atom is 0.179 e. The van der Waals surface area contributed by atoms with Gasteiger partial charge in [0.2, 0.25) is 0 Å². The van der Waals surface area contributed by atoms with Crippen LogP contribution in [0.15, 0.2) is 12.1 Å². The highest BCUT2D eigenvalue weighted by Crippen LogP contribution is 2.22. The summed E-state index contributed by atoms with van der Waals surface area (Å²) >= 11 is 0. The molecule has 1 fully saturated rings. The van der Waals surface area contributed by atoms with Crippen molar-refractivity contribution in [2.45, 2.75) is 31.7 Å². The van der Waals surface area contributed by atoms with Crippen LogP contribution in [0.4, 0.5) is 5.82 Å². The van der Waals surface area contributed by atoms with Crippen molar-refractivity contribution in [1.82, 2.24) is 20.3 Å². The Balaban J connectivity index is 1.91. The summed E-state index contributed by atoms with van der Waals surface area (Å²) in [6.07, 6.45) is 4.99. The first-order valence-electron chi connectivity index (χ1n) is 6.64. The van der Waals surface area contributed by atoms with E-state index in [1.807, 2.05) is 19.2 Å². The number of aromatic nitrogens is 3. The Kier molecular flexibility index (Phi) is 3.15. The maximum absolute atomic E-state index is 4.62. The fraction of sp³-hybridized carbons (Fsp3) is 0.538. The molecule has 2 aromatic heterocycles. The number of nitrogens with zero attached hydrogens (tertiary/aromatic N) is 2. The number of pyridine rings is 1. The molecular weight excluding hydrogens is 226 g/mol. The largest absolute Gasteiger partial charge is 0.373 e. The molecule has 5 nitrogen and oxygen atoms in total. The van der Waals surface area contributed by atoms with Gasteiger partial charge in [-0.15, -0.1) is 0 Å². The van der Waals surface area contributed by atoms with Crippen LogP contribution in [0.2, 0.25) is 0 Å². The van der Waals surface area contributed by atoms with Gasteiger partial charge in [0.25, 0.3) is 0 Å². The van der Waals surface area contributed by atoms with E-state index < -0.39 is 0 Å². The average molecular weight is 245 g/mol. The summed E-state index contributed by atoms with van der Waals surface area (Å²) in [4.78, 5) is 12.4. The van der Waals surface area contributed by atoms with Crippen molar-refractivity contribution in [3.8, 4) is 0 Å². The number of nitrogens with one attached hydrogen (secondary N) is 3. The molecule has 2 aromatic rings. The molecule has 0 amide bonds. The summed E-state index contributed by atoms with van der Waals surface area (Å²) in [7, 11) is 1.87. The molecular formula is C13H19N5. The van der Waals surface area contributed by atoms with Crippen molar-refractivity contribution >= 4 is 17.0 Å².